The average molecular weight is 1280 g/mol. The lowest BCUT2D eigenvalue weighted by Gasteiger charge is -2.19. The fourth-order valence-corrected chi connectivity index (χ4v) is 21.8. The van der Waals surface area contributed by atoms with Gasteiger partial charge in [0, 0.05) is 97.0 Å². The molecule has 0 spiro atoms. The molecule has 0 amide bonds. The second kappa shape index (κ2) is 20.2. The Hall–Kier alpha value is -11.1. The van der Waals surface area contributed by atoms with Gasteiger partial charge in [0.15, 0.2) is 0 Å². The van der Waals surface area contributed by atoms with Gasteiger partial charge in [-0.05, 0) is 168 Å². The number of rotatable bonds is 5. The summed E-state index contributed by atoms with van der Waals surface area (Å²) in [4.78, 5) is 0. The van der Waals surface area contributed by atoms with Gasteiger partial charge in [-0.15, -0.1) is 45.3 Å². The largest absolute Gasteiger partial charge is 0.135 e. The van der Waals surface area contributed by atoms with Gasteiger partial charge in [-0.1, -0.05) is 261 Å². The molecule has 442 valence electrons. The summed E-state index contributed by atoms with van der Waals surface area (Å²) in [6.45, 7) is 0. The summed E-state index contributed by atoms with van der Waals surface area (Å²) in [5.41, 5.74) is 12.6. The lowest BCUT2D eigenvalue weighted by Crippen LogP contribution is -1.92. The highest BCUT2D eigenvalue weighted by Gasteiger charge is 2.25. The molecule has 0 unspecified atom stereocenters. The summed E-state index contributed by atoms with van der Waals surface area (Å²) < 4.78 is 10.6. The fourth-order valence-electron chi connectivity index (χ4n) is 17.0. The van der Waals surface area contributed by atoms with Crippen molar-refractivity contribution in [1.29, 1.82) is 0 Å². The van der Waals surface area contributed by atoms with Gasteiger partial charge in [-0.3, -0.25) is 0 Å². The van der Waals surface area contributed by atoms with Crippen LogP contribution < -0.4 is 0 Å². The summed E-state index contributed by atoms with van der Waals surface area (Å²) in [7, 11) is 0. The van der Waals surface area contributed by atoms with E-state index < -0.39 is 0 Å². The summed E-state index contributed by atoms with van der Waals surface area (Å²) in [6, 6.07) is 115. The maximum Gasteiger partial charge on any atom is 0.0440 e. The second-order valence-electron chi connectivity index (χ2n) is 25.9. The Kier molecular flexibility index (Phi) is 11.2. The first kappa shape index (κ1) is 53.3. The van der Waals surface area contributed by atoms with Crippen molar-refractivity contribution in [2.45, 2.75) is 0 Å². The van der Waals surface area contributed by atoms with E-state index in [-0.39, 0.29) is 0 Å². The first-order valence-electron chi connectivity index (χ1n) is 32.9. The molecule has 4 heteroatoms. The standard InChI is InChI=1S/C92H50S4/c1-2-20-56-51(18-1)19-15-34-61(56)86-67-26-7-3-22-63(67)82(64-23-4-8-27-68(64)86)54-39-44-73-80(49-54)93-78-47-42-53-48-75(92-90(84(53)88(73)78)72-30-12-14-37-77(72)96-92)59-33-16-32-58-57(59)31-17-35-62(58)87-69-28-9-5-24-65(69)83(66-25-6-10-29-70(66)87)55-40-45-74-81(50-55)94-79-46-41-52-38-43-71-60-21-11-13-36-76(60)95-91(71)85(52)89(74)79/h1-50H. The van der Waals surface area contributed by atoms with Crippen molar-refractivity contribution >= 4 is 212 Å². The van der Waals surface area contributed by atoms with Gasteiger partial charge in [0.1, 0.15) is 0 Å². The highest BCUT2D eigenvalue weighted by Crippen LogP contribution is 2.54. The van der Waals surface area contributed by atoms with Crippen LogP contribution in [0.3, 0.4) is 0 Å². The molecule has 0 saturated heterocycles. The quantitative estimate of drug-likeness (QED) is 0.151. The van der Waals surface area contributed by atoms with E-state index in [1.807, 2.05) is 45.3 Å². The van der Waals surface area contributed by atoms with Crippen LogP contribution in [0.5, 0.6) is 0 Å². The molecule has 0 aliphatic carbocycles. The van der Waals surface area contributed by atoms with E-state index in [9.17, 15) is 0 Å². The smallest absolute Gasteiger partial charge is 0.0440 e. The molecule has 0 fully saturated rings. The van der Waals surface area contributed by atoms with E-state index in [0.29, 0.717) is 0 Å². The zero-order valence-corrected chi connectivity index (χ0v) is 54.8. The lowest BCUT2D eigenvalue weighted by molar-refractivity contribution is 1.68. The highest BCUT2D eigenvalue weighted by atomic mass is 32.1. The molecular formula is C92H50S4. The van der Waals surface area contributed by atoms with Gasteiger partial charge in [0.2, 0.25) is 0 Å². The molecule has 0 radical (unpaired) electrons. The van der Waals surface area contributed by atoms with Gasteiger partial charge in [-0.2, -0.15) is 0 Å². The molecule has 18 aromatic carbocycles. The minimum atomic E-state index is 1.24. The summed E-state index contributed by atoms with van der Waals surface area (Å²) in [5, 5.41) is 31.1. The van der Waals surface area contributed by atoms with E-state index in [2.05, 4.69) is 303 Å². The van der Waals surface area contributed by atoms with Crippen molar-refractivity contribution in [3.63, 3.8) is 0 Å². The number of benzene rings is 18. The van der Waals surface area contributed by atoms with Gasteiger partial charge in [0.25, 0.3) is 0 Å². The number of hydrogen-bond acceptors (Lipinski definition) is 4. The van der Waals surface area contributed by atoms with Crippen molar-refractivity contribution in [1.82, 2.24) is 0 Å². The zero-order valence-electron chi connectivity index (χ0n) is 51.5. The van der Waals surface area contributed by atoms with Crippen LogP contribution >= 0.6 is 45.3 Å². The molecule has 22 aromatic rings. The Labute approximate surface area is 566 Å². The van der Waals surface area contributed by atoms with Gasteiger partial charge in [0.05, 0.1) is 0 Å². The van der Waals surface area contributed by atoms with E-state index in [1.165, 1.54) is 223 Å². The topological polar surface area (TPSA) is 0 Å². The van der Waals surface area contributed by atoms with E-state index >= 15 is 0 Å². The number of thiophene rings is 4. The molecule has 22 rings (SSSR count). The van der Waals surface area contributed by atoms with Crippen molar-refractivity contribution in [3.05, 3.63) is 303 Å². The second-order valence-corrected chi connectivity index (χ2v) is 30.2. The third-order valence-corrected chi connectivity index (χ3v) is 25.6. The Morgan fingerprint density at radius 3 is 1.15 bits per heavy atom. The predicted molar refractivity (Wildman–Crippen MR) is 425 cm³/mol. The summed E-state index contributed by atoms with van der Waals surface area (Å²) >= 11 is 7.71. The van der Waals surface area contributed by atoms with Gasteiger partial charge < -0.3 is 0 Å². The fraction of sp³-hybridized carbons (Fsp3) is 0. The Balaban J connectivity index is 0.711. The molecule has 0 N–H and O–H groups in total. The van der Waals surface area contributed by atoms with Gasteiger partial charge in [-0.25, -0.2) is 0 Å². The SMILES string of the molecule is c1ccc2c(-c3c4ccccc4c(-c4ccc5c(c4)sc4ccc6cc(-c7cccc8c(-c9c%10ccccc%10c(-c%10ccc%11c(c%10)sc%10ccc%12ccc%13c%14ccccc%14sc%13c%12c%10%11)c%10ccccc9%10)cccc78)c7sc8ccccc8c7c6c45)c4ccccc34)cccc2c1. The molecule has 0 atom stereocenters. The van der Waals surface area contributed by atoms with Crippen LogP contribution in [0.15, 0.2) is 303 Å². The molecule has 96 heavy (non-hydrogen) atoms. The molecule has 4 aromatic heterocycles. The van der Waals surface area contributed by atoms with Crippen LogP contribution in [-0.2, 0) is 0 Å². The molecule has 0 saturated carbocycles. The Bertz CT molecular complexity index is 7090. The van der Waals surface area contributed by atoms with Gasteiger partial charge >= 0.3 is 0 Å². The maximum atomic E-state index is 2.52. The zero-order chi connectivity index (χ0) is 62.4. The lowest BCUT2D eigenvalue weighted by atomic mass is 9.84. The molecule has 0 aliphatic heterocycles. The number of hydrogen-bond donors (Lipinski definition) is 0. The van der Waals surface area contributed by atoms with E-state index in [4.69, 9.17) is 0 Å². The highest BCUT2D eigenvalue weighted by molar-refractivity contribution is 7.28. The van der Waals surface area contributed by atoms with Crippen molar-refractivity contribution < 1.29 is 0 Å². The van der Waals surface area contributed by atoms with Crippen LogP contribution in [0.1, 0.15) is 0 Å². The third-order valence-electron chi connectivity index (χ3n) is 21.0. The summed E-state index contributed by atoms with van der Waals surface area (Å²) in [6.07, 6.45) is 0. The van der Waals surface area contributed by atoms with E-state index in [0.717, 1.165) is 0 Å². The minimum absolute atomic E-state index is 1.24. The Morgan fingerprint density at radius 1 is 0.156 bits per heavy atom. The van der Waals surface area contributed by atoms with Crippen molar-refractivity contribution in [2.75, 3.05) is 0 Å². The third kappa shape index (κ3) is 7.47. The molecule has 0 nitrogen and oxygen atoms in total. The van der Waals surface area contributed by atoms with Crippen LogP contribution in [0.2, 0.25) is 0 Å². The first-order chi connectivity index (χ1) is 47.6. The van der Waals surface area contributed by atoms with E-state index in [1.54, 1.807) is 0 Å². The minimum Gasteiger partial charge on any atom is -0.135 e. The predicted octanol–water partition coefficient (Wildman–Crippen LogP) is 28.7. The Morgan fingerprint density at radius 2 is 0.552 bits per heavy atom. The molecule has 4 heterocycles. The van der Waals surface area contributed by atoms with Crippen LogP contribution in [0, 0.1) is 0 Å². The average Bonchev–Trinajstić information content (AvgIpc) is 1.44. The van der Waals surface area contributed by atoms with Crippen molar-refractivity contribution in [2.24, 2.45) is 0 Å². The van der Waals surface area contributed by atoms with Crippen LogP contribution in [0.4, 0.5) is 0 Å². The number of fused-ring (bicyclic) bond motifs is 24. The monoisotopic (exact) mass is 1280 g/mol. The summed E-state index contributed by atoms with van der Waals surface area (Å²) in [5.74, 6) is 0. The first-order valence-corrected chi connectivity index (χ1v) is 36.2. The van der Waals surface area contributed by atoms with Crippen LogP contribution in [-0.4, -0.2) is 0 Å². The molecule has 0 aliphatic rings. The molecular weight excluding hydrogens is 1230 g/mol. The maximum absolute atomic E-state index is 2.52. The van der Waals surface area contributed by atoms with Crippen molar-refractivity contribution in [3.8, 4) is 55.6 Å². The molecule has 0 bridgehead atoms. The van der Waals surface area contributed by atoms with Crippen LogP contribution in [0.25, 0.3) is 223 Å². The normalized spacial score (nSPS) is 12.4.